The van der Waals surface area contributed by atoms with Gasteiger partial charge in [0.05, 0.1) is 5.69 Å². The van der Waals surface area contributed by atoms with Crippen LogP contribution < -0.4 is 10.5 Å². The van der Waals surface area contributed by atoms with Gasteiger partial charge in [-0.05, 0) is 13.8 Å². The predicted molar refractivity (Wildman–Crippen MR) is 60.6 cm³/mol. The van der Waals surface area contributed by atoms with Crippen LogP contribution in [0.25, 0.3) is 0 Å². The number of hydrogen-bond donors (Lipinski definition) is 1. The third-order valence-corrected chi connectivity index (χ3v) is 3.08. The van der Waals surface area contributed by atoms with Crippen molar-refractivity contribution < 1.29 is 4.74 Å². The fourth-order valence-electron chi connectivity index (χ4n) is 1.35. The Morgan fingerprint density at radius 1 is 1.38 bits per heavy atom. The third kappa shape index (κ3) is 1.91. The molecule has 7 heteroatoms. The maximum absolute atomic E-state index is 5.65. The molecule has 0 saturated heterocycles. The molecular formula is C9H13N5OS. The first-order chi connectivity index (χ1) is 7.61. The highest BCUT2D eigenvalue weighted by molar-refractivity contribution is 7.13. The maximum Gasteiger partial charge on any atom is 0.299 e. The van der Waals surface area contributed by atoms with Crippen LogP contribution >= 0.6 is 11.3 Å². The summed E-state index contributed by atoms with van der Waals surface area (Å²) in [7, 11) is 1.88. The van der Waals surface area contributed by atoms with E-state index in [0.29, 0.717) is 11.7 Å². The van der Waals surface area contributed by atoms with Gasteiger partial charge in [-0.3, -0.25) is 4.68 Å². The number of rotatable bonds is 3. The fourth-order valence-corrected chi connectivity index (χ4v) is 1.92. The summed E-state index contributed by atoms with van der Waals surface area (Å²) in [5.74, 6) is 0.738. The van der Waals surface area contributed by atoms with Crippen molar-refractivity contribution >= 4 is 11.3 Å². The highest BCUT2D eigenvalue weighted by atomic mass is 32.1. The van der Waals surface area contributed by atoms with E-state index in [9.17, 15) is 0 Å². The Hall–Kier alpha value is -1.47. The lowest BCUT2D eigenvalue weighted by Crippen LogP contribution is -1.94. The van der Waals surface area contributed by atoms with Crippen LogP contribution in [0.2, 0.25) is 0 Å². The standard InChI is InChI=1S/C9H13N5OS/c1-5-8(6(2)14(3)13-5)15-9-12-11-7(4-10)16-9/h4,10H2,1-3H3. The molecule has 0 aliphatic rings. The van der Waals surface area contributed by atoms with Gasteiger partial charge in [0.1, 0.15) is 10.7 Å². The van der Waals surface area contributed by atoms with E-state index in [0.717, 1.165) is 22.1 Å². The molecule has 0 spiro atoms. The van der Waals surface area contributed by atoms with Crippen molar-refractivity contribution in [2.24, 2.45) is 12.8 Å². The van der Waals surface area contributed by atoms with Crippen molar-refractivity contribution in [1.82, 2.24) is 20.0 Å². The molecule has 2 N–H and O–H groups in total. The zero-order valence-corrected chi connectivity index (χ0v) is 10.2. The first kappa shape index (κ1) is 11.0. The Labute approximate surface area is 97.1 Å². The van der Waals surface area contributed by atoms with Crippen molar-refractivity contribution in [3.63, 3.8) is 0 Å². The lowest BCUT2D eigenvalue weighted by molar-refractivity contribution is 0.465. The van der Waals surface area contributed by atoms with E-state index in [4.69, 9.17) is 10.5 Å². The predicted octanol–water partition coefficient (Wildman–Crippen LogP) is 1.14. The van der Waals surface area contributed by atoms with Gasteiger partial charge < -0.3 is 10.5 Å². The summed E-state index contributed by atoms with van der Waals surface area (Å²) in [6, 6.07) is 0. The molecule has 2 aromatic heterocycles. The van der Waals surface area contributed by atoms with Crippen LogP contribution in [0.3, 0.4) is 0 Å². The number of aromatic nitrogens is 4. The molecule has 0 fully saturated rings. The van der Waals surface area contributed by atoms with Crippen LogP contribution in [0, 0.1) is 13.8 Å². The summed E-state index contributed by atoms with van der Waals surface area (Å²) < 4.78 is 7.42. The van der Waals surface area contributed by atoms with Gasteiger partial charge in [0.25, 0.3) is 5.19 Å². The Bertz CT molecular complexity index is 504. The SMILES string of the molecule is Cc1nn(C)c(C)c1Oc1nnc(CN)s1. The smallest absolute Gasteiger partial charge is 0.299 e. The van der Waals surface area contributed by atoms with Crippen molar-refractivity contribution in [3.05, 3.63) is 16.4 Å². The number of ether oxygens (including phenoxy) is 1. The fraction of sp³-hybridized carbons (Fsp3) is 0.444. The molecule has 86 valence electrons. The Morgan fingerprint density at radius 2 is 2.12 bits per heavy atom. The van der Waals surface area contributed by atoms with Crippen molar-refractivity contribution in [1.29, 1.82) is 0 Å². The molecule has 0 atom stereocenters. The molecule has 2 aromatic rings. The topological polar surface area (TPSA) is 78.8 Å². The summed E-state index contributed by atoms with van der Waals surface area (Å²) in [5, 5.41) is 13.3. The molecular weight excluding hydrogens is 226 g/mol. The first-order valence-corrected chi connectivity index (χ1v) is 5.64. The number of aryl methyl sites for hydroxylation is 2. The van der Waals surface area contributed by atoms with E-state index in [2.05, 4.69) is 15.3 Å². The monoisotopic (exact) mass is 239 g/mol. The second-order valence-electron chi connectivity index (χ2n) is 3.39. The van der Waals surface area contributed by atoms with Gasteiger partial charge >= 0.3 is 0 Å². The Kier molecular flexibility index (Phi) is 2.88. The van der Waals surface area contributed by atoms with Gasteiger partial charge in [0, 0.05) is 13.6 Å². The molecule has 0 aromatic carbocycles. The van der Waals surface area contributed by atoms with E-state index < -0.39 is 0 Å². The average molecular weight is 239 g/mol. The van der Waals surface area contributed by atoms with Gasteiger partial charge in [0.2, 0.25) is 0 Å². The Balaban J connectivity index is 2.26. The molecule has 2 heterocycles. The van der Waals surface area contributed by atoms with Crippen LogP contribution in [0.15, 0.2) is 0 Å². The van der Waals surface area contributed by atoms with Crippen LogP contribution in [-0.4, -0.2) is 20.0 Å². The summed E-state index contributed by atoms with van der Waals surface area (Å²) in [4.78, 5) is 0. The van der Waals surface area contributed by atoms with E-state index in [1.165, 1.54) is 11.3 Å². The molecule has 0 unspecified atom stereocenters. The van der Waals surface area contributed by atoms with E-state index in [-0.39, 0.29) is 0 Å². The zero-order chi connectivity index (χ0) is 11.7. The molecule has 6 nitrogen and oxygen atoms in total. The van der Waals surface area contributed by atoms with Crippen LogP contribution in [0.1, 0.15) is 16.4 Å². The van der Waals surface area contributed by atoms with E-state index >= 15 is 0 Å². The van der Waals surface area contributed by atoms with Gasteiger partial charge in [-0.2, -0.15) is 5.10 Å². The summed E-state index contributed by atoms with van der Waals surface area (Å²) in [6.07, 6.45) is 0. The lowest BCUT2D eigenvalue weighted by atomic mass is 10.3. The molecule has 0 aliphatic carbocycles. The third-order valence-electron chi connectivity index (χ3n) is 2.25. The Morgan fingerprint density at radius 3 is 2.62 bits per heavy atom. The minimum atomic E-state index is 0.381. The minimum Gasteiger partial charge on any atom is -0.426 e. The highest BCUT2D eigenvalue weighted by Gasteiger charge is 2.14. The van der Waals surface area contributed by atoms with Gasteiger partial charge in [-0.1, -0.05) is 16.4 Å². The highest BCUT2D eigenvalue weighted by Crippen LogP contribution is 2.29. The normalized spacial score (nSPS) is 10.8. The van der Waals surface area contributed by atoms with Crippen molar-refractivity contribution in [2.45, 2.75) is 20.4 Å². The number of hydrogen-bond acceptors (Lipinski definition) is 6. The van der Waals surface area contributed by atoms with Crippen LogP contribution in [-0.2, 0) is 13.6 Å². The molecule has 16 heavy (non-hydrogen) atoms. The van der Waals surface area contributed by atoms with Crippen molar-refractivity contribution in [2.75, 3.05) is 0 Å². The molecule has 0 aliphatic heterocycles. The second-order valence-corrected chi connectivity index (χ2v) is 4.42. The van der Waals surface area contributed by atoms with Crippen LogP contribution in [0.4, 0.5) is 0 Å². The van der Waals surface area contributed by atoms with E-state index in [1.54, 1.807) is 4.68 Å². The summed E-state index contributed by atoms with van der Waals surface area (Å²) in [5.41, 5.74) is 7.25. The minimum absolute atomic E-state index is 0.381. The summed E-state index contributed by atoms with van der Waals surface area (Å²) in [6.45, 7) is 4.22. The summed E-state index contributed by atoms with van der Waals surface area (Å²) >= 11 is 1.35. The second kappa shape index (κ2) is 4.18. The molecule has 0 saturated carbocycles. The molecule has 0 amide bonds. The maximum atomic E-state index is 5.65. The van der Waals surface area contributed by atoms with Gasteiger partial charge in [-0.25, -0.2) is 0 Å². The van der Waals surface area contributed by atoms with Gasteiger partial charge in [0.15, 0.2) is 5.75 Å². The molecule has 2 rings (SSSR count). The molecule has 0 radical (unpaired) electrons. The average Bonchev–Trinajstić information content (AvgIpc) is 2.80. The van der Waals surface area contributed by atoms with E-state index in [1.807, 2.05) is 20.9 Å². The number of nitrogens with zero attached hydrogens (tertiary/aromatic N) is 4. The number of nitrogens with two attached hydrogens (primary N) is 1. The van der Waals surface area contributed by atoms with Gasteiger partial charge in [-0.15, -0.1) is 5.10 Å². The lowest BCUT2D eigenvalue weighted by Gasteiger charge is -2.00. The quantitative estimate of drug-likeness (QED) is 0.868. The van der Waals surface area contributed by atoms with Crippen molar-refractivity contribution in [3.8, 4) is 10.9 Å². The first-order valence-electron chi connectivity index (χ1n) is 4.82. The molecule has 0 bridgehead atoms. The van der Waals surface area contributed by atoms with Crippen LogP contribution in [0.5, 0.6) is 10.9 Å². The largest absolute Gasteiger partial charge is 0.426 e. The zero-order valence-electron chi connectivity index (χ0n) is 9.39.